The minimum atomic E-state index is 0.309. The average molecular weight is 266 g/mol. The Bertz CT molecular complexity index is 297. The summed E-state index contributed by atoms with van der Waals surface area (Å²) in [5, 5.41) is 0. The van der Waals surface area contributed by atoms with Crippen LogP contribution in [0.25, 0.3) is 0 Å². The van der Waals surface area contributed by atoms with Crippen molar-refractivity contribution in [1.29, 1.82) is 0 Å². The quantitative estimate of drug-likeness (QED) is 0.781. The molecular weight excluding hydrogens is 236 g/mol. The maximum absolute atomic E-state index is 12.1. The number of ketones is 1. The van der Waals surface area contributed by atoms with E-state index in [0.717, 1.165) is 31.7 Å². The Morgan fingerprint density at radius 3 is 2.58 bits per heavy atom. The Morgan fingerprint density at radius 2 is 1.95 bits per heavy atom. The minimum Gasteiger partial charge on any atom is -0.306 e. The summed E-state index contributed by atoms with van der Waals surface area (Å²) in [6, 6.07) is 0.686. The predicted octanol–water partition coefficient (Wildman–Crippen LogP) is 2.41. The van der Waals surface area contributed by atoms with Crippen LogP contribution in [0.15, 0.2) is 0 Å². The van der Waals surface area contributed by atoms with Crippen molar-refractivity contribution in [1.82, 2.24) is 9.80 Å². The van der Waals surface area contributed by atoms with Crippen LogP contribution in [-0.2, 0) is 4.79 Å². The minimum absolute atomic E-state index is 0.309. The van der Waals surface area contributed by atoms with Crippen molar-refractivity contribution in [3.8, 4) is 0 Å². The van der Waals surface area contributed by atoms with Gasteiger partial charge in [-0.3, -0.25) is 4.79 Å². The van der Waals surface area contributed by atoms with Crippen LogP contribution in [0.4, 0.5) is 0 Å². The molecular formula is C16H30N2O. The van der Waals surface area contributed by atoms with Crippen LogP contribution in [0.1, 0.15) is 45.4 Å². The molecule has 2 rings (SSSR count). The maximum atomic E-state index is 12.1. The highest BCUT2D eigenvalue weighted by Crippen LogP contribution is 2.29. The summed E-state index contributed by atoms with van der Waals surface area (Å²) in [6.45, 7) is 5.65. The highest BCUT2D eigenvalue weighted by atomic mass is 16.1. The molecule has 0 spiro atoms. The zero-order chi connectivity index (χ0) is 13.8. The first-order valence-electron chi connectivity index (χ1n) is 8.01. The van der Waals surface area contributed by atoms with Gasteiger partial charge in [0, 0.05) is 24.9 Å². The lowest BCUT2D eigenvalue weighted by molar-refractivity contribution is -0.126. The largest absolute Gasteiger partial charge is 0.306 e. The van der Waals surface area contributed by atoms with Gasteiger partial charge in [0.15, 0.2) is 0 Å². The van der Waals surface area contributed by atoms with E-state index in [1.54, 1.807) is 0 Å². The van der Waals surface area contributed by atoms with Crippen LogP contribution in [0.2, 0.25) is 0 Å². The lowest BCUT2D eigenvalue weighted by Crippen LogP contribution is -2.45. The van der Waals surface area contributed by atoms with E-state index in [1.165, 1.54) is 32.4 Å². The third-order valence-corrected chi connectivity index (χ3v) is 5.27. The second-order valence-corrected chi connectivity index (χ2v) is 6.69. The Labute approximate surface area is 118 Å². The molecule has 1 aliphatic carbocycles. The van der Waals surface area contributed by atoms with Crippen LogP contribution in [-0.4, -0.2) is 55.4 Å². The second kappa shape index (κ2) is 6.85. The van der Waals surface area contributed by atoms with Gasteiger partial charge in [-0.2, -0.15) is 0 Å². The highest BCUT2D eigenvalue weighted by molar-refractivity contribution is 5.81. The van der Waals surface area contributed by atoms with Gasteiger partial charge in [0.05, 0.1) is 0 Å². The third kappa shape index (κ3) is 4.03. The van der Waals surface area contributed by atoms with Gasteiger partial charge in [0.1, 0.15) is 5.78 Å². The number of nitrogens with zero attached hydrogens (tertiary/aromatic N) is 2. The van der Waals surface area contributed by atoms with Gasteiger partial charge in [-0.15, -0.1) is 0 Å². The number of Topliss-reactive ketones (excluding diaryl/α,β-unsaturated/α-hetero) is 1. The second-order valence-electron chi connectivity index (χ2n) is 6.69. The van der Waals surface area contributed by atoms with Crippen molar-refractivity contribution in [3.05, 3.63) is 0 Å². The van der Waals surface area contributed by atoms with E-state index in [2.05, 4.69) is 30.8 Å². The maximum Gasteiger partial charge on any atom is 0.137 e. The predicted molar refractivity (Wildman–Crippen MR) is 79.3 cm³/mol. The van der Waals surface area contributed by atoms with Crippen LogP contribution in [0.5, 0.6) is 0 Å². The molecule has 0 aromatic rings. The molecule has 1 saturated carbocycles. The molecule has 0 amide bonds. The van der Waals surface area contributed by atoms with Crippen LogP contribution in [0.3, 0.4) is 0 Å². The fraction of sp³-hybridized carbons (Fsp3) is 0.938. The molecule has 0 N–H and O–H groups in total. The summed E-state index contributed by atoms with van der Waals surface area (Å²) in [7, 11) is 4.42. The molecule has 2 fully saturated rings. The molecule has 110 valence electrons. The lowest BCUT2D eigenvalue weighted by atomic mass is 9.79. The monoisotopic (exact) mass is 266 g/mol. The zero-order valence-corrected chi connectivity index (χ0v) is 12.9. The van der Waals surface area contributed by atoms with Crippen LogP contribution in [0, 0.1) is 11.8 Å². The van der Waals surface area contributed by atoms with E-state index in [0.29, 0.717) is 17.7 Å². The van der Waals surface area contributed by atoms with Crippen molar-refractivity contribution in [2.45, 2.75) is 51.5 Å². The van der Waals surface area contributed by atoms with Crippen molar-refractivity contribution in [2.75, 3.05) is 33.7 Å². The highest BCUT2D eigenvalue weighted by Gasteiger charge is 2.30. The molecule has 0 aromatic heterocycles. The normalized spacial score (nSPS) is 31.1. The lowest BCUT2D eigenvalue weighted by Gasteiger charge is -2.38. The Hall–Kier alpha value is -0.410. The summed E-state index contributed by atoms with van der Waals surface area (Å²) in [5.74, 6) is 1.61. The molecule has 1 saturated heterocycles. The number of carbonyl (C=O) groups excluding carboxylic acids is 1. The number of rotatable bonds is 4. The van der Waals surface area contributed by atoms with Gasteiger partial charge >= 0.3 is 0 Å². The van der Waals surface area contributed by atoms with Gasteiger partial charge in [-0.25, -0.2) is 0 Å². The first-order valence-corrected chi connectivity index (χ1v) is 8.01. The first kappa shape index (κ1) is 15.0. The smallest absolute Gasteiger partial charge is 0.137 e. The number of likely N-dealkylation sites (tertiary alicyclic amines) is 1. The molecule has 19 heavy (non-hydrogen) atoms. The van der Waals surface area contributed by atoms with Crippen molar-refractivity contribution in [3.63, 3.8) is 0 Å². The van der Waals surface area contributed by atoms with Crippen LogP contribution >= 0.6 is 0 Å². The van der Waals surface area contributed by atoms with Crippen molar-refractivity contribution in [2.24, 2.45) is 11.8 Å². The summed E-state index contributed by atoms with van der Waals surface area (Å²) >= 11 is 0. The summed E-state index contributed by atoms with van der Waals surface area (Å²) < 4.78 is 0. The molecule has 1 heterocycles. The molecule has 0 radical (unpaired) electrons. The van der Waals surface area contributed by atoms with Gasteiger partial charge in [-0.05, 0) is 58.8 Å². The number of carbonyl (C=O) groups is 1. The standard InChI is InChI=1S/C16H30N2O/c1-4-13-5-6-16(19)14(11-13)12-18(3)15-7-9-17(2)10-8-15/h13-15H,4-12H2,1-3H3. The molecule has 3 heteroatoms. The van der Waals surface area contributed by atoms with E-state index in [-0.39, 0.29) is 0 Å². The molecule has 1 aliphatic heterocycles. The van der Waals surface area contributed by atoms with Crippen molar-refractivity contribution >= 4 is 5.78 Å². The van der Waals surface area contributed by atoms with E-state index >= 15 is 0 Å². The van der Waals surface area contributed by atoms with Gasteiger partial charge in [0.2, 0.25) is 0 Å². The Kier molecular flexibility index (Phi) is 5.40. The molecule has 0 aromatic carbocycles. The fourth-order valence-corrected chi connectivity index (χ4v) is 3.68. The van der Waals surface area contributed by atoms with Crippen molar-refractivity contribution < 1.29 is 4.79 Å². The number of piperidine rings is 1. The molecule has 2 aliphatic rings. The fourth-order valence-electron chi connectivity index (χ4n) is 3.68. The average Bonchev–Trinajstić information content (AvgIpc) is 2.42. The van der Waals surface area contributed by atoms with Crippen LogP contribution < -0.4 is 0 Å². The SMILES string of the molecule is CCC1CCC(=O)C(CN(C)C2CCN(C)CC2)C1. The molecule has 3 nitrogen and oxygen atoms in total. The first-order chi connectivity index (χ1) is 9.10. The molecule has 0 bridgehead atoms. The Balaban J connectivity index is 1.83. The number of hydrogen-bond acceptors (Lipinski definition) is 3. The van der Waals surface area contributed by atoms with Gasteiger partial charge in [0.25, 0.3) is 0 Å². The molecule has 2 unspecified atom stereocenters. The summed E-state index contributed by atoms with van der Waals surface area (Å²) in [6.07, 6.45) is 6.83. The number of hydrogen-bond donors (Lipinski definition) is 0. The summed E-state index contributed by atoms with van der Waals surface area (Å²) in [5.41, 5.74) is 0. The Morgan fingerprint density at radius 1 is 1.26 bits per heavy atom. The van der Waals surface area contributed by atoms with Gasteiger partial charge in [-0.1, -0.05) is 13.3 Å². The molecule has 2 atom stereocenters. The zero-order valence-electron chi connectivity index (χ0n) is 12.9. The van der Waals surface area contributed by atoms with E-state index < -0.39 is 0 Å². The summed E-state index contributed by atoms with van der Waals surface area (Å²) in [4.78, 5) is 17.0. The third-order valence-electron chi connectivity index (χ3n) is 5.27. The topological polar surface area (TPSA) is 23.6 Å². The van der Waals surface area contributed by atoms with E-state index in [9.17, 15) is 4.79 Å². The van der Waals surface area contributed by atoms with E-state index in [1.807, 2.05) is 0 Å². The van der Waals surface area contributed by atoms with Gasteiger partial charge < -0.3 is 9.80 Å². The van der Waals surface area contributed by atoms with E-state index in [4.69, 9.17) is 0 Å².